The summed E-state index contributed by atoms with van der Waals surface area (Å²) in [6.45, 7) is 7.00. The lowest BCUT2D eigenvalue weighted by molar-refractivity contribution is -0.143. The van der Waals surface area contributed by atoms with E-state index >= 15 is 0 Å². The van der Waals surface area contributed by atoms with Gasteiger partial charge in [-0.25, -0.2) is 5.84 Å². The van der Waals surface area contributed by atoms with Gasteiger partial charge in [-0.2, -0.15) is 0 Å². The normalized spacial score (nSPS) is 12.7. The average Bonchev–Trinajstić information content (AvgIpc) is 2.59. The smallest absolute Gasteiger partial charge is 0.306 e. The monoisotopic (exact) mass is 361 g/mol. The number of rotatable bonds is 9. The molecule has 0 aliphatic carbocycles. The molecule has 10 nitrogen and oxygen atoms in total. The fourth-order valence-corrected chi connectivity index (χ4v) is 1.33. The molecule has 0 bridgehead atoms. The van der Waals surface area contributed by atoms with Crippen molar-refractivity contribution in [2.24, 2.45) is 29.4 Å². The fraction of sp³-hybridized carbons (Fsp3) is 0.714. The molecule has 0 aromatic heterocycles. The molecular formula is C14H30BN4O6. The maximum atomic E-state index is 11.0. The lowest BCUT2D eigenvalue weighted by Crippen LogP contribution is -2.36. The number of carbonyl (C=O) groups excluding carboxylic acids is 2. The molecular weight excluding hydrogens is 331 g/mol. The van der Waals surface area contributed by atoms with E-state index in [0.29, 0.717) is 19.0 Å². The first kappa shape index (κ1) is 27.9. The molecule has 1 amide bonds. The Morgan fingerprint density at radius 1 is 1.04 bits per heavy atom. The maximum Gasteiger partial charge on any atom is 0.306 e. The zero-order chi connectivity index (χ0) is 20.4. The minimum Gasteiger partial charge on any atom is -0.481 e. The number of hydrazine groups is 2. The summed E-state index contributed by atoms with van der Waals surface area (Å²) in [6, 6.07) is 0. The highest BCUT2D eigenvalue weighted by Crippen LogP contribution is 2.15. The SMILES string of the molecule is CCC(C)C(=O)O.CCC(CC(C)C(=O)NN)C(=O)O.NN[B]C=O. The Hall–Kier alpha value is -1.98. The van der Waals surface area contributed by atoms with Crippen LogP contribution in [0.4, 0.5) is 0 Å². The van der Waals surface area contributed by atoms with Crippen molar-refractivity contribution in [3.63, 3.8) is 0 Å². The number of nitrogens with two attached hydrogens (primary N) is 2. The molecule has 8 N–H and O–H groups in total. The largest absolute Gasteiger partial charge is 0.481 e. The number of carboxylic acids is 2. The molecule has 0 saturated carbocycles. The van der Waals surface area contributed by atoms with Crippen LogP contribution < -0.4 is 22.4 Å². The lowest BCUT2D eigenvalue weighted by Gasteiger charge is -2.14. The minimum absolute atomic E-state index is 0.181. The molecule has 0 rings (SSSR count). The molecule has 3 atom stereocenters. The molecule has 1 radical (unpaired) electrons. The average molecular weight is 361 g/mol. The third-order valence-electron chi connectivity index (χ3n) is 3.27. The third-order valence-corrected chi connectivity index (χ3v) is 3.27. The van der Waals surface area contributed by atoms with Crippen molar-refractivity contribution < 1.29 is 29.4 Å². The van der Waals surface area contributed by atoms with Crippen molar-refractivity contribution in [2.45, 2.75) is 47.0 Å². The Morgan fingerprint density at radius 3 is 1.72 bits per heavy atom. The number of carbonyl (C=O) groups is 4. The molecule has 25 heavy (non-hydrogen) atoms. The Kier molecular flexibility index (Phi) is 20.5. The second-order valence-electron chi connectivity index (χ2n) is 5.21. The highest BCUT2D eigenvalue weighted by Gasteiger charge is 2.21. The summed E-state index contributed by atoms with van der Waals surface area (Å²) in [4.78, 5) is 40.7. The highest BCUT2D eigenvalue weighted by atomic mass is 16.4. The van der Waals surface area contributed by atoms with E-state index in [0.717, 1.165) is 13.8 Å². The summed E-state index contributed by atoms with van der Waals surface area (Å²) >= 11 is 0. The summed E-state index contributed by atoms with van der Waals surface area (Å²) in [5.41, 5.74) is 2.00. The standard InChI is InChI=1S/C8H16N2O3.C5H10O2.CH4BN2O/c1-3-6(8(12)13)4-5(2)7(11)10-9;1-3-4(2)5(6)7;3-4-2-1-5/h5-6H,3-4,9H2,1-2H3,(H,10,11)(H,12,13);4H,3H2,1-2H3,(H,6,7);1,4H,3H2. The van der Waals surface area contributed by atoms with Gasteiger partial charge in [-0.05, 0) is 19.3 Å². The van der Waals surface area contributed by atoms with Gasteiger partial charge in [-0.15, -0.1) is 0 Å². The first-order chi connectivity index (χ1) is 11.6. The fourth-order valence-electron chi connectivity index (χ4n) is 1.33. The quantitative estimate of drug-likeness (QED) is 0.103. The summed E-state index contributed by atoms with van der Waals surface area (Å²) in [7, 11) is 1.10. The number of nitrogens with one attached hydrogen (secondary N) is 2. The van der Waals surface area contributed by atoms with E-state index in [4.69, 9.17) is 16.1 Å². The number of carboxylic acid groups (broad SMARTS) is 2. The predicted molar refractivity (Wildman–Crippen MR) is 94.4 cm³/mol. The highest BCUT2D eigenvalue weighted by molar-refractivity contribution is 6.64. The van der Waals surface area contributed by atoms with Gasteiger partial charge >= 0.3 is 19.4 Å². The third kappa shape index (κ3) is 18.2. The molecule has 0 heterocycles. The van der Waals surface area contributed by atoms with Gasteiger partial charge in [-0.1, -0.05) is 27.7 Å². The molecule has 0 saturated heterocycles. The van der Waals surface area contributed by atoms with Crippen LogP contribution in [-0.2, 0) is 19.2 Å². The predicted octanol–water partition coefficient (Wildman–Crippen LogP) is -0.510. The Bertz CT molecular complexity index is 398. The molecule has 145 valence electrons. The lowest BCUT2D eigenvalue weighted by atomic mass is 9.93. The van der Waals surface area contributed by atoms with Gasteiger partial charge in [0.15, 0.2) is 0 Å². The van der Waals surface area contributed by atoms with Crippen molar-refractivity contribution in [3.05, 3.63) is 0 Å². The molecule has 3 unspecified atom stereocenters. The summed E-state index contributed by atoms with van der Waals surface area (Å²) < 4.78 is 0. The van der Waals surface area contributed by atoms with Gasteiger partial charge in [-0.3, -0.25) is 31.0 Å². The first-order valence-corrected chi connectivity index (χ1v) is 7.81. The molecule has 0 aromatic rings. The van der Waals surface area contributed by atoms with E-state index in [9.17, 15) is 19.2 Å². The zero-order valence-electron chi connectivity index (χ0n) is 15.2. The van der Waals surface area contributed by atoms with E-state index in [1.54, 1.807) is 20.8 Å². The summed E-state index contributed by atoms with van der Waals surface area (Å²) in [6.07, 6.45) is 2.14. The summed E-state index contributed by atoms with van der Waals surface area (Å²) in [5.74, 6) is 6.63. The topological polar surface area (TPSA) is 185 Å². The van der Waals surface area contributed by atoms with Crippen LogP contribution in [0.25, 0.3) is 0 Å². The van der Waals surface area contributed by atoms with Crippen LogP contribution in [0.2, 0.25) is 0 Å². The molecule has 0 aliphatic heterocycles. The number of aliphatic carboxylic acids is 2. The van der Waals surface area contributed by atoms with Crippen LogP contribution in [0.15, 0.2) is 0 Å². The molecule has 0 fully saturated rings. The second kappa shape index (κ2) is 18.4. The van der Waals surface area contributed by atoms with E-state index in [-0.39, 0.29) is 17.7 Å². The van der Waals surface area contributed by atoms with Crippen LogP contribution >= 0.6 is 0 Å². The van der Waals surface area contributed by atoms with Gasteiger partial charge in [0.05, 0.1) is 18.0 Å². The van der Waals surface area contributed by atoms with Gasteiger partial charge in [0.25, 0.3) is 0 Å². The Balaban J connectivity index is -0.000000337. The van der Waals surface area contributed by atoms with Crippen molar-refractivity contribution in [1.82, 2.24) is 10.8 Å². The molecule has 0 aromatic carbocycles. The van der Waals surface area contributed by atoms with E-state index in [1.165, 1.54) is 0 Å². The van der Waals surface area contributed by atoms with E-state index in [1.807, 2.05) is 17.7 Å². The zero-order valence-corrected chi connectivity index (χ0v) is 15.2. The van der Waals surface area contributed by atoms with Crippen LogP contribution in [0.1, 0.15) is 47.0 Å². The van der Waals surface area contributed by atoms with Crippen molar-refractivity contribution in [2.75, 3.05) is 0 Å². The van der Waals surface area contributed by atoms with Crippen molar-refractivity contribution in [3.8, 4) is 0 Å². The van der Waals surface area contributed by atoms with Crippen LogP contribution in [0, 0.1) is 17.8 Å². The van der Waals surface area contributed by atoms with Crippen LogP contribution in [0.3, 0.4) is 0 Å². The van der Waals surface area contributed by atoms with Gasteiger partial charge in [0, 0.05) is 5.92 Å². The second-order valence-corrected chi connectivity index (χ2v) is 5.21. The van der Waals surface area contributed by atoms with Crippen molar-refractivity contribution >= 4 is 31.4 Å². The number of amides is 1. The van der Waals surface area contributed by atoms with Crippen LogP contribution in [-0.4, -0.2) is 41.7 Å². The van der Waals surface area contributed by atoms with Gasteiger partial charge < -0.3 is 15.0 Å². The first-order valence-electron chi connectivity index (χ1n) is 7.81. The van der Waals surface area contributed by atoms with E-state index in [2.05, 4.69) is 5.84 Å². The van der Waals surface area contributed by atoms with Gasteiger partial charge in [0.2, 0.25) is 5.91 Å². The Morgan fingerprint density at radius 2 is 1.56 bits per heavy atom. The van der Waals surface area contributed by atoms with E-state index < -0.39 is 17.9 Å². The van der Waals surface area contributed by atoms with Crippen LogP contribution in [0.5, 0.6) is 0 Å². The molecule has 11 heteroatoms. The number of hydrogen-bond donors (Lipinski definition) is 6. The maximum absolute atomic E-state index is 11.0. The van der Waals surface area contributed by atoms with Gasteiger partial charge in [0.1, 0.15) is 0 Å². The minimum atomic E-state index is -0.862. The Labute approximate surface area is 148 Å². The molecule has 0 aliphatic rings. The number of hydrogen-bond acceptors (Lipinski definition) is 7. The summed E-state index contributed by atoms with van der Waals surface area (Å²) in [5, 5.41) is 18.9. The molecule has 0 spiro atoms. The van der Waals surface area contributed by atoms with Crippen molar-refractivity contribution in [1.29, 1.82) is 0 Å².